The molecule has 0 saturated heterocycles. The number of aliphatic hydroxyl groups is 1. The van der Waals surface area contributed by atoms with Gasteiger partial charge in [0.2, 0.25) is 0 Å². The van der Waals surface area contributed by atoms with Crippen molar-refractivity contribution in [2.75, 3.05) is 11.5 Å². The van der Waals surface area contributed by atoms with Gasteiger partial charge in [-0.05, 0) is 0 Å². The molecular weight excluding hydrogens is 130 g/mol. The van der Waals surface area contributed by atoms with Crippen LogP contribution in [-0.2, 0) is 6.61 Å². The molecular formula is C6H9N3O. The number of anilines is 2. The molecule has 4 heteroatoms. The van der Waals surface area contributed by atoms with E-state index in [0.29, 0.717) is 16.9 Å². The Morgan fingerprint density at radius 2 is 1.80 bits per heavy atom. The summed E-state index contributed by atoms with van der Waals surface area (Å²) in [5, 5.41) is 8.71. The first-order chi connectivity index (χ1) is 4.75. The summed E-state index contributed by atoms with van der Waals surface area (Å²) in [6.45, 7) is -0.139. The Balaban J connectivity index is 3.17. The maximum absolute atomic E-state index is 8.71. The largest absolute Gasteiger partial charge is 0.397 e. The fraction of sp³-hybridized carbons (Fsp3) is 0.167. The third kappa shape index (κ3) is 1.01. The first-order valence-electron chi connectivity index (χ1n) is 2.84. The highest BCUT2D eigenvalue weighted by Crippen LogP contribution is 2.16. The highest BCUT2D eigenvalue weighted by molar-refractivity contribution is 5.58. The van der Waals surface area contributed by atoms with E-state index in [9.17, 15) is 0 Å². The molecule has 54 valence electrons. The summed E-state index contributed by atoms with van der Waals surface area (Å²) in [6.07, 6.45) is 2.92. The van der Waals surface area contributed by atoms with Gasteiger partial charge in [-0.15, -0.1) is 0 Å². The zero-order valence-electron chi connectivity index (χ0n) is 5.41. The molecule has 1 aromatic heterocycles. The molecule has 0 aliphatic rings. The molecule has 0 fully saturated rings. The summed E-state index contributed by atoms with van der Waals surface area (Å²) >= 11 is 0. The van der Waals surface area contributed by atoms with Gasteiger partial charge in [-0.1, -0.05) is 0 Å². The van der Waals surface area contributed by atoms with Crippen molar-refractivity contribution in [1.29, 1.82) is 0 Å². The Labute approximate surface area is 58.5 Å². The second kappa shape index (κ2) is 2.53. The Hall–Kier alpha value is -1.29. The van der Waals surface area contributed by atoms with Gasteiger partial charge in [0.25, 0.3) is 0 Å². The summed E-state index contributed by atoms with van der Waals surface area (Å²) in [7, 11) is 0. The van der Waals surface area contributed by atoms with Crippen LogP contribution in [0.2, 0.25) is 0 Å². The molecule has 10 heavy (non-hydrogen) atoms. The molecule has 0 atom stereocenters. The Kier molecular flexibility index (Phi) is 1.73. The first kappa shape index (κ1) is 6.82. The number of aliphatic hydroxyl groups excluding tert-OH is 1. The van der Waals surface area contributed by atoms with Crippen LogP contribution in [0.25, 0.3) is 0 Å². The predicted octanol–water partition coefficient (Wildman–Crippen LogP) is -0.262. The molecule has 0 radical (unpaired) electrons. The number of hydrogen-bond donors (Lipinski definition) is 3. The molecule has 0 saturated carbocycles. The van der Waals surface area contributed by atoms with Crippen molar-refractivity contribution < 1.29 is 5.11 Å². The van der Waals surface area contributed by atoms with Crippen molar-refractivity contribution in [3.63, 3.8) is 0 Å². The maximum Gasteiger partial charge on any atom is 0.0723 e. The van der Waals surface area contributed by atoms with E-state index in [2.05, 4.69) is 4.98 Å². The maximum atomic E-state index is 8.71. The summed E-state index contributed by atoms with van der Waals surface area (Å²) < 4.78 is 0. The molecule has 0 unspecified atom stereocenters. The van der Waals surface area contributed by atoms with Gasteiger partial charge < -0.3 is 16.6 Å². The van der Waals surface area contributed by atoms with E-state index in [1.54, 1.807) is 0 Å². The Morgan fingerprint density at radius 1 is 1.30 bits per heavy atom. The lowest BCUT2D eigenvalue weighted by molar-refractivity contribution is 0.283. The highest BCUT2D eigenvalue weighted by Gasteiger charge is 2.00. The molecule has 5 N–H and O–H groups in total. The number of aromatic nitrogens is 1. The van der Waals surface area contributed by atoms with E-state index in [-0.39, 0.29) is 6.61 Å². The van der Waals surface area contributed by atoms with Gasteiger partial charge in [-0.25, -0.2) is 0 Å². The molecule has 0 aliphatic heterocycles. The van der Waals surface area contributed by atoms with E-state index in [4.69, 9.17) is 16.6 Å². The highest BCUT2D eigenvalue weighted by atomic mass is 16.3. The number of nitrogen functional groups attached to an aromatic ring is 2. The minimum Gasteiger partial charge on any atom is -0.397 e. The van der Waals surface area contributed by atoms with E-state index < -0.39 is 0 Å². The molecule has 0 bridgehead atoms. The van der Waals surface area contributed by atoms with Crippen LogP contribution in [0.4, 0.5) is 11.4 Å². The Morgan fingerprint density at radius 3 is 2.10 bits per heavy atom. The number of nitrogens with zero attached hydrogens (tertiary/aromatic N) is 1. The smallest absolute Gasteiger partial charge is 0.0723 e. The molecule has 0 aliphatic carbocycles. The summed E-state index contributed by atoms with van der Waals surface area (Å²) in [5.74, 6) is 0. The van der Waals surface area contributed by atoms with E-state index in [0.717, 1.165) is 0 Å². The fourth-order valence-electron chi connectivity index (χ4n) is 0.703. The van der Waals surface area contributed by atoms with Crippen molar-refractivity contribution in [3.8, 4) is 0 Å². The number of nitrogens with two attached hydrogens (primary N) is 2. The molecule has 4 nitrogen and oxygen atoms in total. The minimum atomic E-state index is -0.139. The topological polar surface area (TPSA) is 85.2 Å². The van der Waals surface area contributed by atoms with Gasteiger partial charge in [-0.2, -0.15) is 0 Å². The van der Waals surface area contributed by atoms with Crippen molar-refractivity contribution in [1.82, 2.24) is 4.98 Å². The van der Waals surface area contributed by atoms with Gasteiger partial charge in [0.05, 0.1) is 30.4 Å². The van der Waals surface area contributed by atoms with Crippen molar-refractivity contribution >= 4 is 11.4 Å². The standard InChI is InChI=1S/C6H9N3O/c7-5-1-9-2-6(8)4(5)3-10/h1-2,10H,3,7-8H2. The van der Waals surface area contributed by atoms with Crippen LogP contribution >= 0.6 is 0 Å². The van der Waals surface area contributed by atoms with Crippen LogP contribution in [0, 0.1) is 0 Å². The van der Waals surface area contributed by atoms with Crippen molar-refractivity contribution in [2.24, 2.45) is 0 Å². The number of pyridine rings is 1. The van der Waals surface area contributed by atoms with E-state index >= 15 is 0 Å². The van der Waals surface area contributed by atoms with Gasteiger partial charge in [0, 0.05) is 5.56 Å². The molecule has 1 heterocycles. The van der Waals surface area contributed by atoms with Gasteiger partial charge in [0.15, 0.2) is 0 Å². The lowest BCUT2D eigenvalue weighted by Gasteiger charge is -2.03. The molecule has 0 amide bonds. The molecule has 0 aromatic carbocycles. The van der Waals surface area contributed by atoms with Crippen LogP contribution in [0.5, 0.6) is 0 Å². The number of rotatable bonds is 1. The van der Waals surface area contributed by atoms with Crippen molar-refractivity contribution in [2.45, 2.75) is 6.61 Å². The van der Waals surface area contributed by atoms with Crippen LogP contribution in [0.15, 0.2) is 12.4 Å². The van der Waals surface area contributed by atoms with E-state index in [1.165, 1.54) is 12.4 Å². The number of hydrogen-bond acceptors (Lipinski definition) is 4. The van der Waals surface area contributed by atoms with Crippen LogP contribution in [-0.4, -0.2) is 10.1 Å². The quantitative estimate of drug-likeness (QED) is 0.500. The normalized spacial score (nSPS) is 9.70. The molecule has 1 rings (SSSR count). The third-order valence-corrected chi connectivity index (χ3v) is 1.28. The molecule has 1 aromatic rings. The predicted molar refractivity (Wildman–Crippen MR) is 39.0 cm³/mol. The van der Waals surface area contributed by atoms with Gasteiger partial charge >= 0.3 is 0 Å². The summed E-state index contributed by atoms with van der Waals surface area (Å²) in [6, 6.07) is 0. The van der Waals surface area contributed by atoms with Crippen LogP contribution in [0.3, 0.4) is 0 Å². The zero-order valence-corrected chi connectivity index (χ0v) is 5.41. The first-order valence-corrected chi connectivity index (χ1v) is 2.84. The average molecular weight is 139 g/mol. The SMILES string of the molecule is Nc1cncc(N)c1CO. The van der Waals surface area contributed by atoms with Gasteiger partial charge in [0.1, 0.15) is 0 Å². The van der Waals surface area contributed by atoms with E-state index in [1.807, 2.05) is 0 Å². The average Bonchev–Trinajstić information content (AvgIpc) is 1.88. The minimum absolute atomic E-state index is 0.139. The third-order valence-electron chi connectivity index (χ3n) is 1.28. The van der Waals surface area contributed by atoms with Crippen LogP contribution < -0.4 is 11.5 Å². The van der Waals surface area contributed by atoms with Crippen molar-refractivity contribution in [3.05, 3.63) is 18.0 Å². The monoisotopic (exact) mass is 139 g/mol. The van der Waals surface area contributed by atoms with Crippen LogP contribution in [0.1, 0.15) is 5.56 Å². The summed E-state index contributed by atoms with van der Waals surface area (Å²) in [4.78, 5) is 3.73. The lowest BCUT2D eigenvalue weighted by Crippen LogP contribution is -2.00. The Bertz CT molecular complexity index is 216. The zero-order chi connectivity index (χ0) is 7.56. The molecule has 0 spiro atoms. The summed E-state index contributed by atoms with van der Waals surface area (Å²) in [5.41, 5.74) is 12.3. The van der Waals surface area contributed by atoms with Gasteiger partial charge in [-0.3, -0.25) is 4.98 Å². The second-order valence-electron chi connectivity index (χ2n) is 1.95. The lowest BCUT2D eigenvalue weighted by atomic mass is 10.2. The fourth-order valence-corrected chi connectivity index (χ4v) is 0.703. The second-order valence-corrected chi connectivity index (χ2v) is 1.95.